The van der Waals surface area contributed by atoms with Crippen molar-refractivity contribution in [2.75, 3.05) is 14.2 Å². The molecule has 0 radical (unpaired) electrons. The van der Waals surface area contributed by atoms with Gasteiger partial charge in [-0.15, -0.1) is 0 Å². The summed E-state index contributed by atoms with van der Waals surface area (Å²) < 4.78 is 16.6. The first-order valence-electron chi connectivity index (χ1n) is 9.53. The first-order valence-corrected chi connectivity index (χ1v) is 10.3. The number of furan rings is 1. The second kappa shape index (κ2) is 8.83. The average Bonchev–Trinajstić information content (AvgIpc) is 3.45. The van der Waals surface area contributed by atoms with Crippen molar-refractivity contribution in [1.29, 1.82) is 0 Å². The molecule has 4 rings (SSSR count). The van der Waals surface area contributed by atoms with E-state index in [0.29, 0.717) is 33.9 Å². The summed E-state index contributed by atoms with van der Waals surface area (Å²) in [5.74, 6) is 0.802. The van der Waals surface area contributed by atoms with Crippen molar-refractivity contribution in [3.8, 4) is 11.5 Å². The standard InChI is InChI=1S/C22H18BrN3O6/c1-30-16-9-14(10-17(11-16)31-2)19-12-18(13-4-3-5-15(8-13)26(28)29)24-25(19)22(27)20-6-7-21(23)32-20/h3-11,19H,12H2,1-2H3. The minimum atomic E-state index is -0.496. The number of nitrogens with zero attached hydrogens (tertiary/aromatic N) is 3. The molecule has 0 bridgehead atoms. The fourth-order valence-corrected chi connectivity index (χ4v) is 3.80. The Morgan fingerprint density at radius 1 is 1.16 bits per heavy atom. The number of halogens is 1. The predicted octanol–water partition coefficient (Wildman–Crippen LogP) is 4.96. The number of hydrazone groups is 1. The van der Waals surface area contributed by atoms with E-state index in [1.54, 1.807) is 56.7 Å². The Morgan fingerprint density at radius 2 is 1.88 bits per heavy atom. The van der Waals surface area contributed by atoms with Gasteiger partial charge in [0, 0.05) is 30.2 Å². The normalized spacial score (nSPS) is 15.4. The van der Waals surface area contributed by atoms with Gasteiger partial charge >= 0.3 is 5.91 Å². The number of hydrogen-bond donors (Lipinski definition) is 0. The van der Waals surface area contributed by atoms with Crippen molar-refractivity contribution in [3.63, 3.8) is 0 Å². The van der Waals surface area contributed by atoms with E-state index in [0.717, 1.165) is 5.56 Å². The Labute approximate surface area is 191 Å². The Kier molecular flexibility index (Phi) is 5.95. The Hall–Kier alpha value is -3.66. The number of benzene rings is 2. The summed E-state index contributed by atoms with van der Waals surface area (Å²) in [4.78, 5) is 24.0. The van der Waals surface area contributed by atoms with Crippen LogP contribution in [0.1, 0.15) is 34.1 Å². The number of nitro benzene ring substituents is 1. The molecule has 3 aromatic rings. The van der Waals surface area contributed by atoms with Gasteiger partial charge in [0.2, 0.25) is 0 Å². The lowest BCUT2D eigenvalue weighted by atomic mass is 9.97. The van der Waals surface area contributed by atoms with Crippen molar-refractivity contribution >= 4 is 33.2 Å². The molecule has 1 aliphatic rings. The van der Waals surface area contributed by atoms with Crippen LogP contribution in [0.5, 0.6) is 11.5 Å². The van der Waals surface area contributed by atoms with Crippen molar-refractivity contribution in [2.45, 2.75) is 12.5 Å². The summed E-state index contributed by atoms with van der Waals surface area (Å²) in [6.07, 6.45) is 0.338. The molecule has 2 heterocycles. The molecule has 1 aliphatic heterocycles. The maximum Gasteiger partial charge on any atom is 0.310 e. The Morgan fingerprint density at radius 3 is 2.47 bits per heavy atom. The first-order chi connectivity index (χ1) is 15.4. The molecule has 0 saturated heterocycles. The van der Waals surface area contributed by atoms with E-state index < -0.39 is 16.9 Å². The van der Waals surface area contributed by atoms with Crippen LogP contribution in [0.15, 0.2) is 68.8 Å². The molecule has 0 spiro atoms. The van der Waals surface area contributed by atoms with Crippen LogP contribution in [0.3, 0.4) is 0 Å². The van der Waals surface area contributed by atoms with E-state index in [2.05, 4.69) is 21.0 Å². The van der Waals surface area contributed by atoms with Gasteiger partial charge in [0.25, 0.3) is 5.69 Å². The highest BCUT2D eigenvalue weighted by molar-refractivity contribution is 9.10. The second-order valence-corrected chi connectivity index (χ2v) is 7.76. The molecule has 10 heteroatoms. The smallest absolute Gasteiger partial charge is 0.310 e. The molecule has 0 N–H and O–H groups in total. The van der Waals surface area contributed by atoms with E-state index in [9.17, 15) is 14.9 Å². The molecule has 1 unspecified atom stereocenters. The van der Waals surface area contributed by atoms with Gasteiger partial charge in [-0.2, -0.15) is 5.10 Å². The number of hydrogen-bond acceptors (Lipinski definition) is 7. The second-order valence-electron chi connectivity index (χ2n) is 6.97. The van der Waals surface area contributed by atoms with Crippen molar-refractivity contribution in [1.82, 2.24) is 5.01 Å². The number of carbonyl (C=O) groups is 1. The highest BCUT2D eigenvalue weighted by atomic mass is 79.9. The summed E-state index contributed by atoms with van der Waals surface area (Å²) >= 11 is 3.21. The molecule has 0 aliphatic carbocycles. The number of amides is 1. The van der Waals surface area contributed by atoms with Crippen LogP contribution >= 0.6 is 15.9 Å². The molecule has 0 saturated carbocycles. The SMILES string of the molecule is COc1cc(OC)cc(C2CC(c3cccc([N+](=O)[O-])c3)=NN2C(=O)c2ccc(Br)o2)c1. The fraction of sp³-hybridized carbons (Fsp3) is 0.182. The minimum absolute atomic E-state index is 0.0514. The molecular formula is C22H18BrN3O6. The summed E-state index contributed by atoms with van der Waals surface area (Å²) in [5, 5.41) is 17.1. The Bertz CT molecular complexity index is 1200. The van der Waals surface area contributed by atoms with Crippen molar-refractivity contribution < 1.29 is 23.6 Å². The van der Waals surface area contributed by atoms with E-state index in [-0.39, 0.29) is 11.4 Å². The van der Waals surface area contributed by atoms with Crippen LogP contribution < -0.4 is 9.47 Å². The van der Waals surface area contributed by atoms with Gasteiger partial charge in [0.1, 0.15) is 11.5 Å². The van der Waals surface area contributed by atoms with Gasteiger partial charge in [-0.05, 0) is 45.8 Å². The minimum Gasteiger partial charge on any atom is -0.497 e. The van der Waals surface area contributed by atoms with Crippen molar-refractivity contribution in [3.05, 3.63) is 86.3 Å². The Balaban J connectivity index is 1.78. The van der Waals surface area contributed by atoms with E-state index in [1.165, 1.54) is 17.1 Å². The van der Waals surface area contributed by atoms with Crippen LogP contribution in [-0.2, 0) is 0 Å². The van der Waals surface area contributed by atoms with Crippen LogP contribution in [0, 0.1) is 10.1 Å². The molecular weight excluding hydrogens is 482 g/mol. The molecule has 164 valence electrons. The fourth-order valence-electron chi connectivity index (χ4n) is 3.49. The third-order valence-electron chi connectivity index (χ3n) is 5.05. The van der Waals surface area contributed by atoms with Gasteiger partial charge in [-0.25, -0.2) is 5.01 Å². The number of carbonyl (C=O) groups excluding carboxylic acids is 1. The highest BCUT2D eigenvalue weighted by Gasteiger charge is 2.35. The largest absolute Gasteiger partial charge is 0.497 e. The summed E-state index contributed by atoms with van der Waals surface area (Å²) in [5.41, 5.74) is 1.79. The molecule has 1 aromatic heterocycles. The molecule has 32 heavy (non-hydrogen) atoms. The maximum absolute atomic E-state index is 13.2. The van der Waals surface area contributed by atoms with E-state index >= 15 is 0 Å². The third kappa shape index (κ3) is 4.22. The van der Waals surface area contributed by atoms with Gasteiger partial charge in [0.05, 0.1) is 30.9 Å². The van der Waals surface area contributed by atoms with Gasteiger partial charge in [-0.1, -0.05) is 12.1 Å². The quantitative estimate of drug-likeness (QED) is 0.350. The predicted molar refractivity (Wildman–Crippen MR) is 119 cm³/mol. The maximum atomic E-state index is 13.2. The summed E-state index contributed by atoms with van der Waals surface area (Å²) in [6, 6.07) is 14.2. The lowest BCUT2D eigenvalue weighted by Crippen LogP contribution is -2.26. The van der Waals surface area contributed by atoms with E-state index in [1.807, 2.05) is 0 Å². The zero-order chi connectivity index (χ0) is 22.8. The third-order valence-corrected chi connectivity index (χ3v) is 5.48. The molecule has 0 fully saturated rings. The van der Waals surface area contributed by atoms with Gasteiger partial charge < -0.3 is 13.9 Å². The molecule has 2 aromatic carbocycles. The molecule has 9 nitrogen and oxygen atoms in total. The topological polar surface area (TPSA) is 107 Å². The number of nitro groups is 1. The number of ether oxygens (including phenoxy) is 2. The molecule has 1 amide bonds. The number of rotatable bonds is 6. The molecule has 1 atom stereocenters. The van der Waals surface area contributed by atoms with Crippen LogP contribution in [0.25, 0.3) is 0 Å². The van der Waals surface area contributed by atoms with Gasteiger partial charge in [0.15, 0.2) is 10.4 Å². The number of methoxy groups -OCH3 is 2. The lowest BCUT2D eigenvalue weighted by Gasteiger charge is -2.22. The zero-order valence-corrected chi connectivity index (χ0v) is 18.7. The average molecular weight is 500 g/mol. The van der Waals surface area contributed by atoms with Crippen LogP contribution in [-0.4, -0.2) is 35.8 Å². The summed E-state index contributed by atoms with van der Waals surface area (Å²) in [6.45, 7) is 0. The van der Waals surface area contributed by atoms with E-state index in [4.69, 9.17) is 13.9 Å². The zero-order valence-electron chi connectivity index (χ0n) is 17.1. The monoisotopic (exact) mass is 499 g/mol. The number of non-ortho nitro benzene ring substituents is 1. The first kappa shape index (κ1) is 21.6. The highest BCUT2D eigenvalue weighted by Crippen LogP contribution is 2.38. The van der Waals surface area contributed by atoms with Gasteiger partial charge in [-0.3, -0.25) is 14.9 Å². The van der Waals surface area contributed by atoms with Crippen molar-refractivity contribution in [2.24, 2.45) is 5.10 Å². The summed E-state index contributed by atoms with van der Waals surface area (Å²) in [7, 11) is 3.09. The van der Waals surface area contributed by atoms with Crippen LogP contribution in [0.2, 0.25) is 0 Å². The van der Waals surface area contributed by atoms with Crippen LogP contribution in [0.4, 0.5) is 5.69 Å². The lowest BCUT2D eigenvalue weighted by molar-refractivity contribution is -0.384.